The molecule has 2 unspecified atom stereocenters. The molecule has 1 aliphatic heterocycles. The third-order valence-electron chi connectivity index (χ3n) is 3.42. The van der Waals surface area contributed by atoms with E-state index in [2.05, 4.69) is 17.6 Å². The normalized spacial score (nSPS) is 22.1. The van der Waals surface area contributed by atoms with Crippen LogP contribution in [0.4, 0.5) is 0 Å². The van der Waals surface area contributed by atoms with Gasteiger partial charge in [0.05, 0.1) is 6.61 Å². The number of amides is 1. The molecule has 0 bridgehead atoms. The van der Waals surface area contributed by atoms with Crippen molar-refractivity contribution in [2.75, 3.05) is 32.8 Å². The molecule has 0 aromatic heterocycles. The van der Waals surface area contributed by atoms with Crippen molar-refractivity contribution in [1.82, 2.24) is 10.6 Å². The number of carbonyl (C=O) groups is 1. The maximum Gasteiger partial charge on any atom is 0.220 e. The maximum atomic E-state index is 11.7. The first-order valence-corrected chi connectivity index (χ1v) is 6.79. The SMILES string of the molecule is CCOCCNC(=O)CC(C)C1CCCNC1. The quantitative estimate of drug-likeness (QED) is 0.659. The Bertz CT molecular complexity index is 215. The Morgan fingerprint density at radius 1 is 1.59 bits per heavy atom. The van der Waals surface area contributed by atoms with Crippen LogP contribution < -0.4 is 10.6 Å². The Balaban J connectivity index is 2.11. The summed E-state index contributed by atoms with van der Waals surface area (Å²) in [6.45, 7) is 8.28. The molecule has 2 atom stereocenters. The monoisotopic (exact) mass is 242 g/mol. The lowest BCUT2D eigenvalue weighted by Crippen LogP contribution is -2.36. The van der Waals surface area contributed by atoms with Crippen molar-refractivity contribution >= 4 is 5.91 Å². The molecule has 0 aliphatic carbocycles. The first-order valence-electron chi connectivity index (χ1n) is 6.79. The lowest BCUT2D eigenvalue weighted by molar-refractivity contribution is -0.122. The summed E-state index contributed by atoms with van der Waals surface area (Å²) in [6.07, 6.45) is 3.12. The summed E-state index contributed by atoms with van der Waals surface area (Å²) < 4.78 is 5.18. The second kappa shape index (κ2) is 8.48. The Morgan fingerprint density at radius 3 is 3.06 bits per heavy atom. The standard InChI is InChI=1S/C13H26N2O2/c1-3-17-8-7-15-13(16)9-11(2)12-5-4-6-14-10-12/h11-12,14H,3-10H2,1-2H3,(H,15,16). The van der Waals surface area contributed by atoms with Gasteiger partial charge in [-0.25, -0.2) is 0 Å². The molecular weight excluding hydrogens is 216 g/mol. The van der Waals surface area contributed by atoms with E-state index in [4.69, 9.17) is 4.74 Å². The van der Waals surface area contributed by atoms with Crippen LogP contribution in [-0.4, -0.2) is 38.8 Å². The second-order valence-corrected chi connectivity index (χ2v) is 4.83. The van der Waals surface area contributed by atoms with E-state index in [0.29, 0.717) is 38.0 Å². The molecule has 1 heterocycles. The van der Waals surface area contributed by atoms with E-state index in [0.717, 1.165) is 13.1 Å². The van der Waals surface area contributed by atoms with Crippen LogP contribution in [0.1, 0.15) is 33.1 Å². The molecular formula is C13H26N2O2. The average molecular weight is 242 g/mol. The fourth-order valence-corrected chi connectivity index (χ4v) is 2.30. The van der Waals surface area contributed by atoms with E-state index in [1.54, 1.807) is 0 Å². The Kier molecular flexibility index (Phi) is 7.21. The zero-order valence-corrected chi connectivity index (χ0v) is 11.1. The summed E-state index contributed by atoms with van der Waals surface area (Å²) in [5.74, 6) is 1.28. The molecule has 1 saturated heterocycles. The molecule has 0 aromatic rings. The third-order valence-corrected chi connectivity index (χ3v) is 3.42. The molecule has 2 N–H and O–H groups in total. The Labute approximate surface area is 104 Å². The predicted octanol–water partition coefficient (Wildman–Crippen LogP) is 1.16. The van der Waals surface area contributed by atoms with Crippen molar-refractivity contribution in [2.24, 2.45) is 11.8 Å². The van der Waals surface area contributed by atoms with Crippen LogP contribution in [0.25, 0.3) is 0 Å². The molecule has 4 nitrogen and oxygen atoms in total. The van der Waals surface area contributed by atoms with Crippen LogP contribution in [0, 0.1) is 11.8 Å². The summed E-state index contributed by atoms with van der Waals surface area (Å²) in [5, 5.41) is 6.30. The van der Waals surface area contributed by atoms with Crippen molar-refractivity contribution in [3.8, 4) is 0 Å². The highest BCUT2D eigenvalue weighted by atomic mass is 16.5. The molecule has 0 saturated carbocycles. The summed E-state index contributed by atoms with van der Waals surface area (Å²) in [6, 6.07) is 0. The van der Waals surface area contributed by atoms with Crippen LogP contribution in [-0.2, 0) is 9.53 Å². The lowest BCUT2D eigenvalue weighted by atomic mass is 9.85. The van der Waals surface area contributed by atoms with E-state index in [9.17, 15) is 4.79 Å². The largest absolute Gasteiger partial charge is 0.380 e. The first kappa shape index (κ1) is 14.5. The molecule has 0 aromatic carbocycles. The van der Waals surface area contributed by atoms with Gasteiger partial charge in [0.2, 0.25) is 5.91 Å². The summed E-state index contributed by atoms with van der Waals surface area (Å²) in [7, 11) is 0. The van der Waals surface area contributed by atoms with Gasteiger partial charge in [-0.1, -0.05) is 6.92 Å². The van der Waals surface area contributed by atoms with Gasteiger partial charge in [-0.2, -0.15) is 0 Å². The number of rotatable bonds is 7. The Hall–Kier alpha value is -0.610. The molecule has 4 heteroatoms. The highest BCUT2D eigenvalue weighted by molar-refractivity contribution is 5.76. The smallest absolute Gasteiger partial charge is 0.220 e. The first-order chi connectivity index (χ1) is 8.24. The highest BCUT2D eigenvalue weighted by Crippen LogP contribution is 2.22. The fourth-order valence-electron chi connectivity index (χ4n) is 2.30. The Morgan fingerprint density at radius 2 is 2.41 bits per heavy atom. The van der Waals surface area contributed by atoms with Crippen LogP contribution in [0.5, 0.6) is 0 Å². The highest BCUT2D eigenvalue weighted by Gasteiger charge is 2.21. The van der Waals surface area contributed by atoms with Gasteiger partial charge in [-0.15, -0.1) is 0 Å². The minimum atomic E-state index is 0.155. The number of hydrogen-bond acceptors (Lipinski definition) is 3. The molecule has 100 valence electrons. The van der Waals surface area contributed by atoms with Crippen molar-refractivity contribution in [3.05, 3.63) is 0 Å². The lowest BCUT2D eigenvalue weighted by Gasteiger charge is -2.28. The number of ether oxygens (including phenoxy) is 1. The van der Waals surface area contributed by atoms with Crippen LogP contribution in [0.2, 0.25) is 0 Å². The molecule has 1 amide bonds. The number of piperidine rings is 1. The molecule has 0 spiro atoms. The minimum absolute atomic E-state index is 0.155. The van der Waals surface area contributed by atoms with E-state index >= 15 is 0 Å². The molecule has 0 radical (unpaired) electrons. The van der Waals surface area contributed by atoms with Gasteiger partial charge < -0.3 is 15.4 Å². The molecule has 17 heavy (non-hydrogen) atoms. The molecule has 1 rings (SSSR count). The predicted molar refractivity (Wildman–Crippen MR) is 68.9 cm³/mol. The van der Waals surface area contributed by atoms with Gasteiger partial charge in [0.1, 0.15) is 0 Å². The van der Waals surface area contributed by atoms with Crippen LogP contribution >= 0.6 is 0 Å². The third kappa shape index (κ3) is 6.03. The van der Waals surface area contributed by atoms with Crippen molar-refractivity contribution < 1.29 is 9.53 Å². The molecule has 1 fully saturated rings. The number of carbonyl (C=O) groups excluding carboxylic acids is 1. The minimum Gasteiger partial charge on any atom is -0.380 e. The zero-order valence-electron chi connectivity index (χ0n) is 11.1. The summed E-state index contributed by atoms with van der Waals surface area (Å²) in [4.78, 5) is 11.7. The van der Waals surface area contributed by atoms with Crippen LogP contribution in [0.15, 0.2) is 0 Å². The van der Waals surface area contributed by atoms with Crippen molar-refractivity contribution in [3.63, 3.8) is 0 Å². The number of hydrogen-bond donors (Lipinski definition) is 2. The van der Waals surface area contributed by atoms with Crippen LogP contribution in [0.3, 0.4) is 0 Å². The summed E-state index contributed by atoms with van der Waals surface area (Å²) in [5.41, 5.74) is 0. The van der Waals surface area contributed by atoms with Gasteiger partial charge in [-0.3, -0.25) is 4.79 Å². The fraction of sp³-hybridized carbons (Fsp3) is 0.923. The van der Waals surface area contributed by atoms with Crippen molar-refractivity contribution in [2.45, 2.75) is 33.1 Å². The topological polar surface area (TPSA) is 50.4 Å². The number of nitrogens with one attached hydrogen (secondary N) is 2. The maximum absolute atomic E-state index is 11.7. The summed E-state index contributed by atoms with van der Waals surface area (Å²) >= 11 is 0. The molecule has 1 aliphatic rings. The second-order valence-electron chi connectivity index (χ2n) is 4.83. The van der Waals surface area contributed by atoms with Gasteiger partial charge in [0.25, 0.3) is 0 Å². The van der Waals surface area contributed by atoms with Gasteiger partial charge in [0, 0.05) is 19.6 Å². The van der Waals surface area contributed by atoms with E-state index in [-0.39, 0.29) is 5.91 Å². The van der Waals surface area contributed by atoms with Gasteiger partial charge in [0.15, 0.2) is 0 Å². The van der Waals surface area contributed by atoms with E-state index in [1.807, 2.05) is 6.92 Å². The van der Waals surface area contributed by atoms with E-state index in [1.165, 1.54) is 12.8 Å². The zero-order chi connectivity index (χ0) is 12.5. The van der Waals surface area contributed by atoms with Gasteiger partial charge >= 0.3 is 0 Å². The van der Waals surface area contributed by atoms with Crippen molar-refractivity contribution in [1.29, 1.82) is 0 Å². The average Bonchev–Trinajstić information content (AvgIpc) is 2.36. The van der Waals surface area contributed by atoms with E-state index < -0.39 is 0 Å². The van der Waals surface area contributed by atoms with Gasteiger partial charge in [-0.05, 0) is 44.7 Å².